The Hall–Kier alpha value is -1.63. The number of nitrogens with zero attached hydrogens (tertiary/aromatic N) is 3. The zero-order valence-electron chi connectivity index (χ0n) is 7.31. The maximum Gasteiger partial charge on any atom is 0.268 e. The molecule has 0 unspecified atom stereocenters. The summed E-state index contributed by atoms with van der Waals surface area (Å²) in [4.78, 5) is 25.4. The van der Waals surface area contributed by atoms with Gasteiger partial charge in [-0.1, -0.05) is 11.8 Å². The van der Waals surface area contributed by atoms with Gasteiger partial charge in [-0.3, -0.25) is 4.79 Å². The molecule has 0 spiro atoms. The van der Waals surface area contributed by atoms with Crippen LogP contribution in [0.4, 0.5) is 5.82 Å². The molecular formula is C7H7N5OS. The third-order valence-corrected chi connectivity index (χ3v) is 2.17. The summed E-state index contributed by atoms with van der Waals surface area (Å²) in [6, 6.07) is 0. The van der Waals surface area contributed by atoms with Crippen molar-refractivity contribution in [3.63, 3.8) is 0 Å². The third kappa shape index (κ3) is 1.41. The minimum atomic E-state index is -0.303. The molecule has 0 aliphatic rings. The van der Waals surface area contributed by atoms with Crippen molar-refractivity contribution in [1.29, 1.82) is 0 Å². The Balaban J connectivity index is 2.83. The summed E-state index contributed by atoms with van der Waals surface area (Å²) in [6.45, 7) is 0. The number of nitrogen functional groups attached to an aromatic ring is 1. The smallest absolute Gasteiger partial charge is 0.268 e. The topological polar surface area (TPSA) is 97.5 Å². The highest BCUT2D eigenvalue weighted by Crippen LogP contribution is 2.16. The van der Waals surface area contributed by atoms with E-state index in [1.807, 2.05) is 6.26 Å². The van der Waals surface area contributed by atoms with Crippen molar-refractivity contribution in [2.75, 3.05) is 12.0 Å². The largest absolute Gasteiger partial charge is 0.382 e. The molecule has 0 amide bonds. The van der Waals surface area contributed by atoms with Crippen LogP contribution in [0.25, 0.3) is 11.2 Å². The quantitative estimate of drug-likeness (QED) is 0.507. The van der Waals surface area contributed by atoms with Crippen LogP contribution in [0.15, 0.2) is 16.1 Å². The van der Waals surface area contributed by atoms with Crippen LogP contribution >= 0.6 is 11.8 Å². The van der Waals surface area contributed by atoms with Gasteiger partial charge in [0.1, 0.15) is 5.52 Å². The predicted molar refractivity (Wildman–Crippen MR) is 54.1 cm³/mol. The van der Waals surface area contributed by atoms with Crippen molar-refractivity contribution >= 4 is 28.7 Å². The molecule has 2 aromatic heterocycles. The van der Waals surface area contributed by atoms with Gasteiger partial charge in [0.25, 0.3) is 5.56 Å². The van der Waals surface area contributed by atoms with E-state index >= 15 is 0 Å². The maximum absolute atomic E-state index is 11.0. The fraction of sp³-hybridized carbons (Fsp3) is 0.143. The molecule has 2 rings (SSSR count). The van der Waals surface area contributed by atoms with Crippen LogP contribution in [0.2, 0.25) is 0 Å². The average molecular weight is 209 g/mol. The zero-order chi connectivity index (χ0) is 10.1. The standard InChI is InChI=1S/C7H7N5OS/c1-14-7-11-5(8)4-6(12-7)10-3(13)2-9-4/h2H,1H3,(H3,8,10,11,12,13). The fourth-order valence-electron chi connectivity index (χ4n) is 1.03. The molecule has 0 aromatic carbocycles. The third-order valence-electron chi connectivity index (χ3n) is 1.63. The minimum Gasteiger partial charge on any atom is -0.382 e. The van der Waals surface area contributed by atoms with Crippen LogP contribution in [0.3, 0.4) is 0 Å². The number of anilines is 1. The predicted octanol–water partition coefficient (Wildman–Crippen LogP) is 0.0172. The van der Waals surface area contributed by atoms with E-state index < -0.39 is 0 Å². The first kappa shape index (κ1) is 8.95. The highest BCUT2D eigenvalue weighted by atomic mass is 32.2. The summed E-state index contributed by atoms with van der Waals surface area (Å²) in [5.74, 6) is 0.274. The van der Waals surface area contributed by atoms with Gasteiger partial charge in [0.05, 0.1) is 6.20 Å². The molecule has 0 saturated heterocycles. The van der Waals surface area contributed by atoms with Gasteiger partial charge >= 0.3 is 0 Å². The average Bonchev–Trinajstić information content (AvgIpc) is 2.16. The summed E-state index contributed by atoms with van der Waals surface area (Å²) < 4.78 is 0. The van der Waals surface area contributed by atoms with Gasteiger partial charge in [0.15, 0.2) is 16.6 Å². The maximum atomic E-state index is 11.0. The van der Waals surface area contributed by atoms with Gasteiger partial charge in [-0.15, -0.1) is 0 Å². The number of nitrogens with one attached hydrogen (secondary N) is 1. The van der Waals surface area contributed by atoms with Crippen molar-refractivity contribution in [3.05, 3.63) is 16.6 Å². The molecule has 2 heterocycles. The molecule has 72 valence electrons. The molecule has 0 saturated carbocycles. The number of nitrogens with two attached hydrogens (primary N) is 1. The van der Waals surface area contributed by atoms with Crippen LogP contribution in [-0.4, -0.2) is 26.2 Å². The monoisotopic (exact) mass is 209 g/mol. The SMILES string of the molecule is CSc1nc(N)c2ncc(=O)[nH]c2n1. The lowest BCUT2D eigenvalue weighted by atomic mass is 10.5. The number of thioether (sulfide) groups is 1. The second kappa shape index (κ2) is 3.26. The molecule has 0 atom stereocenters. The molecule has 2 aromatic rings. The molecule has 0 radical (unpaired) electrons. The van der Waals surface area contributed by atoms with Crippen molar-refractivity contribution < 1.29 is 0 Å². The lowest BCUT2D eigenvalue weighted by molar-refractivity contribution is 0.983. The first-order valence-electron chi connectivity index (χ1n) is 3.77. The summed E-state index contributed by atoms with van der Waals surface area (Å²) in [6.07, 6.45) is 2.98. The van der Waals surface area contributed by atoms with E-state index in [0.29, 0.717) is 16.3 Å². The lowest BCUT2D eigenvalue weighted by Crippen LogP contribution is -2.09. The van der Waals surface area contributed by atoms with Gasteiger partial charge in [0, 0.05) is 0 Å². The highest BCUT2D eigenvalue weighted by Gasteiger charge is 2.05. The van der Waals surface area contributed by atoms with Crippen LogP contribution < -0.4 is 11.3 Å². The number of H-pyrrole nitrogens is 1. The van der Waals surface area contributed by atoms with Gasteiger partial charge < -0.3 is 10.7 Å². The number of hydrogen-bond donors (Lipinski definition) is 2. The highest BCUT2D eigenvalue weighted by molar-refractivity contribution is 7.98. The van der Waals surface area contributed by atoms with Crippen LogP contribution in [-0.2, 0) is 0 Å². The fourth-order valence-corrected chi connectivity index (χ4v) is 1.40. The van der Waals surface area contributed by atoms with E-state index in [9.17, 15) is 4.79 Å². The minimum absolute atomic E-state index is 0.274. The molecule has 3 N–H and O–H groups in total. The Bertz CT molecular complexity index is 537. The Morgan fingerprint density at radius 1 is 1.50 bits per heavy atom. The Morgan fingerprint density at radius 3 is 3.00 bits per heavy atom. The van der Waals surface area contributed by atoms with Crippen molar-refractivity contribution in [1.82, 2.24) is 19.9 Å². The summed E-state index contributed by atoms with van der Waals surface area (Å²) in [5.41, 5.74) is 6.12. The van der Waals surface area contributed by atoms with E-state index in [1.165, 1.54) is 11.8 Å². The first-order chi connectivity index (χ1) is 6.70. The zero-order valence-corrected chi connectivity index (χ0v) is 8.13. The molecule has 7 heteroatoms. The van der Waals surface area contributed by atoms with Gasteiger partial charge in [-0.2, -0.15) is 0 Å². The van der Waals surface area contributed by atoms with Crippen LogP contribution in [0, 0.1) is 0 Å². The lowest BCUT2D eigenvalue weighted by Gasteiger charge is -2.00. The number of aromatic amines is 1. The molecule has 6 nitrogen and oxygen atoms in total. The number of rotatable bonds is 1. The molecule has 0 fully saturated rings. The van der Waals surface area contributed by atoms with E-state index in [4.69, 9.17) is 5.73 Å². The Morgan fingerprint density at radius 2 is 2.29 bits per heavy atom. The van der Waals surface area contributed by atoms with Gasteiger partial charge in [-0.05, 0) is 6.26 Å². The van der Waals surface area contributed by atoms with Gasteiger partial charge in [-0.25, -0.2) is 15.0 Å². The van der Waals surface area contributed by atoms with E-state index in [0.717, 1.165) is 6.20 Å². The summed E-state index contributed by atoms with van der Waals surface area (Å²) in [5, 5.41) is 0.513. The molecule has 14 heavy (non-hydrogen) atoms. The van der Waals surface area contributed by atoms with Crippen molar-refractivity contribution in [2.45, 2.75) is 5.16 Å². The molecule has 0 aliphatic carbocycles. The van der Waals surface area contributed by atoms with E-state index in [-0.39, 0.29) is 11.4 Å². The number of aromatic nitrogens is 4. The van der Waals surface area contributed by atoms with E-state index in [1.54, 1.807) is 0 Å². The summed E-state index contributed by atoms with van der Waals surface area (Å²) in [7, 11) is 0. The van der Waals surface area contributed by atoms with E-state index in [2.05, 4.69) is 19.9 Å². The second-order valence-electron chi connectivity index (χ2n) is 2.54. The second-order valence-corrected chi connectivity index (χ2v) is 3.31. The van der Waals surface area contributed by atoms with Crippen molar-refractivity contribution in [3.8, 4) is 0 Å². The Labute approximate surface area is 83.0 Å². The normalized spacial score (nSPS) is 10.6. The van der Waals surface area contributed by atoms with Crippen LogP contribution in [0.1, 0.15) is 0 Å². The first-order valence-corrected chi connectivity index (χ1v) is 4.99. The number of hydrogen-bond acceptors (Lipinski definition) is 6. The Kier molecular flexibility index (Phi) is 2.08. The number of fused-ring (bicyclic) bond motifs is 1. The molecular weight excluding hydrogens is 202 g/mol. The van der Waals surface area contributed by atoms with Crippen LogP contribution in [0.5, 0.6) is 0 Å². The summed E-state index contributed by atoms with van der Waals surface area (Å²) >= 11 is 1.35. The molecule has 0 bridgehead atoms. The van der Waals surface area contributed by atoms with Crippen molar-refractivity contribution in [2.24, 2.45) is 0 Å². The molecule has 0 aliphatic heterocycles. The van der Waals surface area contributed by atoms with Gasteiger partial charge in [0.2, 0.25) is 0 Å².